The second kappa shape index (κ2) is 9.75. The van der Waals surface area contributed by atoms with Crippen LogP contribution in [0.3, 0.4) is 0 Å². The fourth-order valence-electron chi connectivity index (χ4n) is 4.74. The number of hydrogen-bond acceptors (Lipinski definition) is 5. The lowest BCUT2D eigenvalue weighted by atomic mass is 9.81. The number of hydrogen-bond donors (Lipinski definition) is 4. The summed E-state index contributed by atoms with van der Waals surface area (Å²) >= 11 is 0. The zero-order valence-corrected chi connectivity index (χ0v) is 19.0. The highest BCUT2D eigenvalue weighted by molar-refractivity contribution is 5.98. The highest BCUT2D eigenvalue weighted by Gasteiger charge is 2.50. The number of carbonyl (C=O) groups excluding carboxylic acids is 1. The third-order valence-corrected chi connectivity index (χ3v) is 6.75. The SMILES string of the molecule is N=C[C@H]1C[C@H](N[C@H](C2CC2)C(F)(F)F)CC[C@@H]1n1cc(C(N)=O)c(Nc2ccc(C(F)(F)F)cc2)n1. The summed E-state index contributed by atoms with van der Waals surface area (Å²) in [5.41, 5.74) is 4.90. The maximum absolute atomic E-state index is 13.4. The number of nitrogens with one attached hydrogen (secondary N) is 3. The van der Waals surface area contributed by atoms with E-state index < -0.39 is 53.8 Å². The number of nitrogens with zero attached hydrogens (tertiary/aromatic N) is 2. The molecule has 0 radical (unpaired) electrons. The van der Waals surface area contributed by atoms with Crippen molar-refractivity contribution in [2.45, 2.75) is 62.6 Å². The lowest BCUT2D eigenvalue weighted by molar-refractivity contribution is -0.163. The van der Waals surface area contributed by atoms with Crippen molar-refractivity contribution >= 4 is 23.6 Å². The topological polar surface area (TPSA) is 109 Å². The van der Waals surface area contributed by atoms with E-state index in [9.17, 15) is 31.1 Å². The number of alkyl halides is 6. The van der Waals surface area contributed by atoms with Gasteiger partial charge in [0.2, 0.25) is 0 Å². The van der Waals surface area contributed by atoms with Gasteiger partial charge in [-0.05, 0) is 62.3 Å². The largest absolute Gasteiger partial charge is 0.416 e. The molecule has 1 aromatic carbocycles. The Hall–Kier alpha value is -3.09. The van der Waals surface area contributed by atoms with Crippen molar-refractivity contribution in [3.05, 3.63) is 41.6 Å². The number of benzene rings is 1. The van der Waals surface area contributed by atoms with Crippen molar-refractivity contribution in [1.29, 1.82) is 5.41 Å². The Morgan fingerprint density at radius 3 is 2.31 bits per heavy atom. The molecule has 2 fully saturated rings. The molecule has 4 atom stereocenters. The van der Waals surface area contributed by atoms with Crippen LogP contribution in [0.15, 0.2) is 30.5 Å². The van der Waals surface area contributed by atoms with Gasteiger partial charge in [0.05, 0.1) is 11.6 Å². The average molecular weight is 516 g/mol. The van der Waals surface area contributed by atoms with Gasteiger partial charge in [0, 0.05) is 30.1 Å². The van der Waals surface area contributed by atoms with Crippen LogP contribution in [0.2, 0.25) is 0 Å². The monoisotopic (exact) mass is 516 g/mol. The molecular weight excluding hydrogens is 490 g/mol. The third kappa shape index (κ3) is 5.82. The van der Waals surface area contributed by atoms with Crippen LogP contribution in [-0.4, -0.2) is 40.2 Å². The summed E-state index contributed by atoms with van der Waals surface area (Å²) in [5, 5.41) is 17.8. The summed E-state index contributed by atoms with van der Waals surface area (Å²) in [4.78, 5) is 12.0. The Morgan fingerprint density at radius 1 is 1.11 bits per heavy atom. The van der Waals surface area contributed by atoms with Gasteiger partial charge in [0.15, 0.2) is 5.82 Å². The van der Waals surface area contributed by atoms with Gasteiger partial charge in [-0.1, -0.05) is 0 Å². The van der Waals surface area contributed by atoms with Crippen LogP contribution in [0, 0.1) is 17.2 Å². The van der Waals surface area contributed by atoms with E-state index in [4.69, 9.17) is 11.1 Å². The van der Waals surface area contributed by atoms with Crippen molar-refractivity contribution in [1.82, 2.24) is 15.1 Å². The molecule has 36 heavy (non-hydrogen) atoms. The fourth-order valence-corrected chi connectivity index (χ4v) is 4.74. The molecular formula is C23H26F6N6O. The summed E-state index contributed by atoms with van der Waals surface area (Å²) < 4.78 is 80.2. The van der Waals surface area contributed by atoms with Gasteiger partial charge in [-0.15, -0.1) is 0 Å². The maximum Gasteiger partial charge on any atom is 0.416 e. The first-order valence-corrected chi connectivity index (χ1v) is 11.5. The van der Waals surface area contributed by atoms with E-state index in [1.807, 2.05) is 0 Å². The average Bonchev–Trinajstić information content (AvgIpc) is 3.55. The smallest absolute Gasteiger partial charge is 0.365 e. The number of anilines is 2. The summed E-state index contributed by atoms with van der Waals surface area (Å²) in [7, 11) is 0. The van der Waals surface area contributed by atoms with Gasteiger partial charge in [-0.25, -0.2) is 0 Å². The van der Waals surface area contributed by atoms with E-state index in [1.54, 1.807) is 0 Å². The van der Waals surface area contributed by atoms with Gasteiger partial charge < -0.3 is 21.8 Å². The molecule has 4 rings (SSSR count). The molecule has 2 aromatic rings. The van der Waals surface area contributed by atoms with Gasteiger partial charge in [0.1, 0.15) is 11.6 Å². The van der Waals surface area contributed by atoms with Crippen molar-refractivity contribution in [2.75, 3.05) is 5.32 Å². The molecule has 0 bridgehead atoms. The summed E-state index contributed by atoms with van der Waals surface area (Å²) in [6.07, 6.45) is -4.06. The van der Waals surface area contributed by atoms with Gasteiger partial charge in [-0.2, -0.15) is 31.4 Å². The number of halogens is 6. The van der Waals surface area contributed by atoms with E-state index in [0.717, 1.165) is 12.1 Å². The van der Waals surface area contributed by atoms with Gasteiger partial charge >= 0.3 is 12.4 Å². The van der Waals surface area contributed by atoms with E-state index in [2.05, 4.69) is 15.7 Å². The predicted octanol–water partition coefficient (Wildman–Crippen LogP) is 5.03. The normalized spacial score (nSPS) is 23.8. The fraction of sp³-hybridized carbons (Fsp3) is 0.522. The highest BCUT2D eigenvalue weighted by Crippen LogP contribution is 2.42. The van der Waals surface area contributed by atoms with E-state index >= 15 is 0 Å². The Balaban J connectivity index is 1.49. The van der Waals surface area contributed by atoms with Crippen molar-refractivity contribution in [3.8, 4) is 0 Å². The zero-order valence-electron chi connectivity index (χ0n) is 19.0. The minimum absolute atomic E-state index is 0.00439. The molecule has 196 valence electrons. The number of nitrogens with two attached hydrogens (primary N) is 1. The molecule has 5 N–H and O–H groups in total. The minimum atomic E-state index is -4.49. The van der Waals surface area contributed by atoms with Crippen LogP contribution in [0.25, 0.3) is 0 Å². The lowest BCUT2D eigenvalue weighted by Crippen LogP contribution is -2.51. The first-order chi connectivity index (χ1) is 16.9. The van der Waals surface area contributed by atoms with Crippen LogP contribution in [0.4, 0.5) is 37.8 Å². The Bertz CT molecular complexity index is 1090. The number of rotatable bonds is 8. The van der Waals surface area contributed by atoms with Crippen LogP contribution < -0.4 is 16.4 Å². The van der Waals surface area contributed by atoms with Gasteiger partial charge in [0.25, 0.3) is 5.91 Å². The van der Waals surface area contributed by atoms with E-state index in [-0.39, 0.29) is 17.1 Å². The highest BCUT2D eigenvalue weighted by atomic mass is 19.4. The van der Waals surface area contributed by atoms with Crippen molar-refractivity contribution in [2.24, 2.45) is 17.6 Å². The molecule has 7 nitrogen and oxygen atoms in total. The molecule has 1 aromatic heterocycles. The van der Waals surface area contributed by atoms with Crippen LogP contribution in [-0.2, 0) is 6.18 Å². The molecule has 1 amide bonds. The molecule has 0 saturated heterocycles. The molecule has 0 unspecified atom stereocenters. The Labute approximate surface area is 202 Å². The predicted molar refractivity (Wildman–Crippen MR) is 120 cm³/mol. The second-order valence-electron chi connectivity index (χ2n) is 9.37. The molecule has 2 saturated carbocycles. The first kappa shape index (κ1) is 26.0. The number of amides is 1. The minimum Gasteiger partial charge on any atom is -0.365 e. The van der Waals surface area contributed by atoms with Crippen molar-refractivity contribution in [3.63, 3.8) is 0 Å². The van der Waals surface area contributed by atoms with Crippen LogP contribution in [0.5, 0.6) is 0 Å². The third-order valence-electron chi connectivity index (χ3n) is 6.75. The van der Waals surface area contributed by atoms with E-state index in [1.165, 1.54) is 29.2 Å². The molecule has 0 aliphatic heterocycles. The quantitative estimate of drug-likeness (QED) is 0.291. The molecule has 1 heterocycles. The zero-order chi connectivity index (χ0) is 26.3. The summed E-state index contributed by atoms with van der Waals surface area (Å²) in [5.74, 6) is -1.62. The molecule has 2 aliphatic rings. The maximum atomic E-state index is 13.4. The number of primary amides is 1. The molecule has 0 spiro atoms. The number of carbonyl (C=O) groups is 1. The standard InChI is InChI=1S/C23H26F6N6O/c24-22(25,26)14-3-5-15(6-4-14)33-21-17(20(31)36)11-35(34-21)18-8-7-16(9-13(18)10-30)32-19(12-1-2-12)23(27,28)29/h3-6,10-13,16,18-19,30,32H,1-2,7-9H2,(H2,31,36)(H,33,34)/t13-,16-,18+,19-/m1/s1. The lowest BCUT2D eigenvalue weighted by Gasteiger charge is -2.37. The van der Waals surface area contributed by atoms with Crippen LogP contribution >= 0.6 is 0 Å². The van der Waals surface area contributed by atoms with Crippen LogP contribution in [0.1, 0.15) is 54.1 Å². The Kier molecular flexibility index (Phi) is 7.04. The summed E-state index contributed by atoms with van der Waals surface area (Å²) in [6.45, 7) is 0. The van der Waals surface area contributed by atoms with Gasteiger partial charge in [-0.3, -0.25) is 9.48 Å². The second-order valence-corrected chi connectivity index (χ2v) is 9.37. The molecule has 2 aliphatic carbocycles. The number of aromatic nitrogens is 2. The Morgan fingerprint density at radius 2 is 1.78 bits per heavy atom. The summed E-state index contributed by atoms with van der Waals surface area (Å²) in [6, 6.07) is 1.79. The van der Waals surface area contributed by atoms with E-state index in [0.29, 0.717) is 32.1 Å². The molecule has 13 heteroatoms. The first-order valence-electron chi connectivity index (χ1n) is 11.5. The van der Waals surface area contributed by atoms with Crippen molar-refractivity contribution < 1.29 is 31.1 Å².